The van der Waals surface area contributed by atoms with Gasteiger partial charge in [0.1, 0.15) is 0 Å². The molecule has 0 unspecified atom stereocenters. The molecular weight excluding hydrogens is 347 g/mol. The fraction of sp³-hybridized carbons (Fsp3) is 0.231. The van der Waals surface area contributed by atoms with E-state index in [1.807, 2.05) is 18.2 Å². The molecule has 92 valence electrons. The van der Waals surface area contributed by atoms with Gasteiger partial charge in [-0.3, -0.25) is 0 Å². The van der Waals surface area contributed by atoms with Gasteiger partial charge >= 0.3 is 117 Å². The molecule has 17 heavy (non-hydrogen) atoms. The van der Waals surface area contributed by atoms with Crippen molar-refractivity contribution in [2.45, 2.75) is 6.61 Å². The second kappa shape index (κ2) is 7.08. The molecule has 0 spiro atoms. The number of rotatable bonds is 5. The predicted octanol–water partition coefficient (Wildman–Crippen LogP) is 0.360. The van der Waals surface area contributed by atoms with Crippen molar-refractivity contribution in [3.05, 3.63) is 48.3 Å². The first kappa shape index (κ1) is 13.0. The van der Waals surface area contributed by atoms with Gasteiger partial charge in [0.25, 0.3) is 0 Å². The van der Waals surface area contributed by atoms with Crippen molar-refractivity contribution < 1.29 is 30.7 Å². The van der Waals surface area contributed by atoms with Gasteiger partial charge in [-0.2, -0.15) is 0 Å². The zero-order valence-corrected chi connectivity index (χ0v) is 12.5. The Morgan fingerprint density at radius 2 is 2.24 bits per heavy atom. The third kappa shape index (κ3) is 4.37. The summed E-state index contributed by atoms with van der Waals surface area (Å²) in [5.74, 6) is 0.883. The molecule has 4 heteroatoms. The fourth-order valence-corrected chi connectivity index (χ4v) is 4.52. The standard InChI is InChI=1S/C13H14IO2S/c1-15-13-4-2-3-11(7-13)8-16-9-12-10-17-6-5-14-12/h2-7,10H,8-9H2,1H3/q-1. The molecule has 1 aliphatic heterocycles. The zero-order chi connectivity index (χ0) is 11.9. The predicted molar refractivity (Wildman–Crippen MR) is 67.5 cm³/mol. The van der Waals surface area contributed by atoms with Crippen LogP contribution in [-0.4, -0.2) is 13.7 Å². The van der Waals surface area contributed by atoms with Gasteiger partial charge in [0.15, 0.2) is 0 Å². The molecule has 0 radical (unpaired) electrons. The van der Waals surface area contributed by atoms with Crippen molar-refractivity contribution >= 4 is 11.8 Å². The molecule has 2 rings (SSSR count). The van der Waals surface area contributed by atoms with Crippen molar-refractivity contribution in [3.8, 4) is 5.75 Å². The number of methoxy groups -OCH3 is 1. The Hall–Kier alpha value is -0.460. The average Bonchev–Trinajstić information content (AvgIpc) is 2.40. The van der Waals surface area contributed by atoms with Crippen LogP contribution >= 0.6 is 11.8 Å². The molecule has 2 nitrogen and oxygen atoms in total. The second-order valence-electron chi connectivity index (χ2n) is 3.42. The minimum atomic E-state index is 0.0666. The summed E-state index contributed by atoms with van der Waals surface area (Å²) >= 11 is 1.81. The Kier molecular flexibility index (Phi) is 5.41. The van der Waals surface area contributed by atoms with Gasteiger partial charge < -0.3 is 0 Å². The van der Waals surface area contributed by atoms with Crippen LogP contribution in [0.25, 0.3) is 0 Å². The van der Waals surface area contributed by atoms with Gasteiger partial charge in [-0.25, -0.2) is 0 Å². The maximum absolute atomic E-state index is 5.72. The van der Waals surface area contributed by atoms with Crippen LogP contribution in [0.4, 0.5) is 0 Å². The van der Waals surface area contributed by atoms with Crippen molar-refractivity contribution in [3.63, 3.8) is 0 Å². The monoisotopic (exact) mass is 361 g/mol. The fourth-order valence-electron chi connectivity index (χ4n) is 1.37. The number of halogens is 1. The molecule has 1 heterocycles. The van der Waals surface area contributed by atoms with Crippen LogP contribution in [0.5, 0.6) is 5.75 Å². The molecule has 0 saturated heterocycles. The van der Waals surface area contributed by atoms with Crippen molar-refractivity contribution in [1.82, 2.24) is 0 Å². The number of hydrogen-bond acceptors (Lipinski definition) is 3. The Balaban J connectivity index is 1.79. The molecule has 1 aromatic carbocycles. The molecule has 1 aromatic rings. The summed E-state index contributed by atoms with van der Waals surface area (Å²) in [7, 11) is 1.68. The molecule has 0 N–H and O–H groups in total. The molecule has 0 atom stereocenters. The minimum absolute atomic E-state index is 0.0666. The molecule has 0 amide bonds. The van der Waals surface area contributed by atoms with Crippen LogP contribution < -0.4 is 25.9 Å². The number of hydrogen-bond donors (Lipinski definition) is 0. The van der Waals surface area contributed by atoms with Gasteiger partial charge in [-0.1, -0.05) is 0 Å². The summed E-state index contributed by atoms with van der Waals surface area (Å²) in [6.07, 6.45) is 0. The van der Waals surface area contributed by atoms with Crippen molar-refractivity contribution in [2.24, 2.45) is 0 Å². The quantitative estimate of drug-likeness (QED) is 0.706. The van der Waals surface area contributed by atoms with Crippen LogP contribution in [0.2, 0.25) is 0 Å². The SMILES string of the molecule is COc1cccc(COCC2=CSC=C[I-]2)c1. The summed E-state index contributed by atoms with van der Waals surface area (Å²) in [5, 5.41) is 4.36. The van der Waals surface area contributed by atoms with E-state index in [0.717, 1.165) is 17.9 Å². The van der Waals surface area contributed by atoms with Gasteiger partial charge in [-0.15, -0.1) is 0 Å². The van der Waals surface area contributed by atoms with E-state index in [1.54, 1.807) is 18.9 Å². The van der Waals surface area contributed by atoms with E-state index in [1.165, 1.54) is 3.58 Å². The molecule has 0 aromatic heterocycles. The van der Waals surface area contributed by atoms with Crippen LogP contribution in [0.15, 0.2) is 42.7 Å². The Bertz CT molecular complexity index is 429. The first-order valence-electron chi connectivity index (χ1n) is 5.22. The summed E-state index contributed by atoms with van der Waals surface area (Å²) in [4.78, 5) is 0. The Morgan fingerprint density at radius 3 is 3.00 bits per heavy atom. The summed E-state index contributed by atoms with van der Waals surface area (Å²) in [6.45, 7) is 1.40. The van der Waals surface area contributed by atoms with Crippen LogP contribution in [0, 0.1) is 0 Å². The van der Waals surface area contributed by atoms with Gasteiger partial charge in [0.2, 0.25) is 0 Å². The normalized spacial score (nSPS) is 15.0. The van der Waals surface area contributed by atoms with Crippen molar-refractivity contribution in [2.75, 3.05) is 13.7 Å². The zero-order valence-electron chi connectivity index (χ0n) is 9.56. The number of ether oxygens (including phenoxy) is 2. The van der Waals surface area contributed by atoms with Crippen LogP contribution in [0.3, 0.4) is 0 Å². The molecule has 0 fully saturated rings. The van der Waals surface area contributed by atoms with E-state index in [2.05, 4.69) is 21.0 Å². The third-order valence-corrected chi connectivity index (χ3v) is 5.94. The van der Waals surface area contributed by atoms with Gasteiger partial charge in [0.05, 0.1) is 0 Å². The summed E-state index contributed by atoms with van der Waals surface area (Å²) < 4.78 is 14.6. The first-order valence-corrected chi connectivity index (χ1v) is 8.49. The Morgan fingerprint density at radius 1 is 1.29 bits per heavy atom. The number of thioether (sulfide) groups is 1. The van der Waals surface area contributed by atoms with Crippen LogP contribution in [0.1, 0.15) is 5.56 Å². The summed E-state index contributed by atoms with van der Waals surface area (Å²) in [5.41, 5.74) is 1.15. The van der Waals surface area contributed by atoms with E-state index in [0.29, 0.717) is 6.61 Å². The van der Waals surface area contributed by atoms with Crippen molar-refractivity contribution in [1.29, 1.82) is 0 Å². The summed E-state index contributed by atoms with van der Waals surface area (Å²) in [6, 6.07) is 8.00. The molecule has 0 aliphatic carbocycles. The van der Waals surface area contributed by atoms with E-state index in [4.69, 9.17) is 9.47 Å². The molecular formula is C13H14IO2S-. The second-order valence-corrected chi connectivity index (χ2v) is 6.92. The van der Waals surface area contributed by atoms with E-state index in [9.17, 15) is 0 Å². The topological polar surface area (TPSA) is 18.5 Å². The average molecular weight is 361 g/mol. The van der Waals surface area contributed by atoms with Gasteiger partial charge in [-0.05, 0) is 0 Å². The molecule has 1 aliphatic rings. The molecule has 0 saturated carbocycles. The van der Waals surface area contributed by atoms with E-state index in [-0.39, 0.29) is 21.2 Å². The van der Waals surface area contributed by atoms with Gasteiger partial charge in [0, 0.05) is 0 Å². The first-order chi connectivity index (χ1) is 8.38. The number of benzene rings is 1. The van der Waals surface area contributed by atoms with Crippen LogP contribution in [-0.2, 0) is 11.3 Å². The Labute approximate surface area is 116 Å². The van der Waals surface area contributed by atoms with E-state index >= 15 is 0 Å². The maximum atomic E-state index is 5.72. The third-order valence-electron chi connectivity index (χ3n) is 2.17. The van der Waals surface area contributed by atoms with E-state index < -0.39 is 0 Å². The molecule has 0 bridgehead atoms.